The molecule has 0 unspecified atom stereocenters. The molecule has 2 aliphatic heterocycles. The van der Waals surface area contributed by atoms with E-state index < -0.39 is 17.7 Å². The first-order valence-electron chi connectivity index (χ1n) is 13.0. The molecule has 8 heteroatoms. The van der Waals surface area contributed by atoms with E-state index in [2.05, 4.69) is 0 Å². The number of benzene rings is 3. The van der Waals surface area contributed by atoms with Gasteiger partial charge >= 0.3 is 0 Å². The minimum absolute atomic E-state index is 0.0433. The number of ether oxygens (including phenoxy) is 3. The Morgan fingerprint density at radius 3 is 2.51 bits per heavy atom. The molecule has 0 radical (unpaired) electrons. The number of rotatable bonds is 9. The van der Waals surface area contributed by atoms with Crippen LogP contribution in [-0.2, 0) is 16.2 Å². The van der Waals surface area contributed by atoms with Crippen LogP contribution in [0.15, 0.2) is 78.4 Å². The third kappa shape index (κ3) is 5.76. The fraction of sp³-hybridized carbons (Fsp3) is 0.290. The average Bonchev–Trinajstić information content (AvgIpc) is 3.21. The third-order valence-corrected chi connectivity index (χ3v) is 6.78. The largest absolute Gasteiger partial charge is 0.507 e. The Labute approximate surface area is 228 Å². The maximum absolute atomic E-state index is 13.4. The van der Waals surface area contributed by atoms with Gasteiger partial charge in [-0.1, -0.05) is 42.5 Å². The van der Waals surface area contributed by atoms with Crippen molar-refractivity contribution in [3.63, 3.8) is 0 Å². The van der Waals surface area contributed by atoms with Gasteiger partial charge in [0.1, 0.15) is 31.3 Å². The van der Waals surface area contributed by atoms with Crippen molar-refractivity contribution in [2.75, 3.05) is 40.4 Å². The van der Waals surface area contributed by atoms with Crippen LogP contribution in [0.5, 0.6) is 17.2 Å². The number of likely N-dealkylation sites (tertiary alicyclic amines) is 1. The van der Waals surface area contributed by atoms with Crippen molar-refractivity contribution in [1.29, 1.82) is 0 Å². The van der Waals surface area contributed by atoms with Crippen molar-refractivity contribution < 1.29 is 28.9 Å². The van der Waals surface area contributed by atoms with Gasteiger partial charge in [-0.15, -0.1) is 0 Å². The maximum Gasteiger partial charge on any atom is 0.295 e. The number of hydrogen-bond acceptors (Lipinski definition) is 7. The zero-order valence-electron chi connectivity index (χ0n) is 22.1. The summed E-state index contributed by atoms with van der Waals surface area (Å²) in [6.45, 7) is 2.32. The van der Waals surface area contributed by atoms with Gasteiger partial charge in [-0.3, -0.25) is 9.59 Å². The van der Waals surface area contributed by atoms with Crippen molar-refractivity contribution in [1.82, 2.24) is 9.80 Å². The predicted molar refractivity (Wildman–Crippen MR) is 147 cm³/mol. The smallest absolute Gasteiger partial charge is 0.295 e. The fourth-order valence-electron chi connectivity index (χ4n) is 4.88. The number of carbonyl (C=O) groups is 2. The van der Waals surface area contributed by atoms with Crippen molar-refractivity contribution in [3.8, 4) is 17.2 Å². The molecule has 202 valence electrons. The van der Waals surface area contributed by atoms with E-state index in [1.807, 2.05) is 73.6 Å². The van der Waals surface area contributed by atoms with Gasteiger partial charge in [-0.2, -0.15) is 0 Å². The first-order valence-corrected chi connectivity index (χ1v) is 13.0. The molecule has 0 aliphatic carbocycles. The van der Waals surface area contributed by atoms with E-state index >= 15 is 0 Å². The molecular formula is C31H32N2O6. The zero-order chi connectivity index (χ0) is 27.4. The molecule has 2 heterocycles. The number of aliphatic hydroxyl groups is 1. The Morgan fingerprint density at radius 1 is 0.974 bits per heavy atom. The summed E-state index contributed by atoms with van der Waals surface area (Å²) in [4.78, 5) is 30.2. The van der Waals surface area contributed by atoms with Gasteiger partial charge in [0.15, 0.2) is 11.5 Å². The van der Waals surface area contributed by atoms with Gasteiger partial charge in [0.2, 0.25) is 0 Å². The van der Waals surface area contributed by atoms with E-state index in [9.17, 15) is 14.7 Å². The lowest BCUT2D eigenvalue weighted by molar-refractivity contribution is -0.139. The second-order valence-electron chi connectivity index (χ2n) is 9.85. The molecule has 3 aromatic carbocycles. The molecule has 0 spiro atoms. The Hall–Kier alpha value is -4.30. The highest BCUT2D eigenvalue weighted by Crippen LogP contribution is 2.41. The summed E-state index contributed by atoms with van der Waals surface area (Å²) in [7, 11) is 3.92. The van der Waals surface area contributed by atoms with Gasteiger partial charge in [-0.25, -0.2) is 0 Å². The molecule has 39 heavy (non-hydrogen) atoms. The standard InChI is InChI=1S/C31H32N2O6/c1-32(2)14-7-15-33-28(22-10-6-11-24(18-22)39-20-21-8-4-3-5-9-21)27(30(35)31(33)36)29(34)23-12-13-25-26(19-23)38-17-16-37-25/h3-6,8-13,18-19,28,34H,7,14-17,20H2,1-2H3/t28-/m0/s1. The minimum atomic E-state index is -0.763. The van der Waals surface area contributed by atoms with Crippen LogP contribution in [0.4, 0.5) is 0 Å². The Kier molecular flexibility index (Phi) is 7.84. The lowest BCUT2D eigenvalue weighted by Crippen LogP contribution is -2.32. The summed E-state index contributed by atoms with van der Waals surface area (Å²) in [5.41, 5.74) is 2.13. The zero-order valence-corrected chi connectivity index (χ0v) is 22.1. The SMILES string of the molecule is CN(C)CCCN1C(=O)C(=O)C(=C(O)c2ccc3c(c2)OCCO3)[C@@H]1c1cccc(OCc2ccccc2)c1. The summed E-state index contributed by atoms with van der Waals surface area (Å²) in [5.74, 6) is 0.0667. The highest BCUT2D eigenvalue weighted by Gasteiger charge is 2.46. The normalized spacial score (nSPS) is 18.0. The van der Waals surface area contributed by atoms with Crippen LogP contribution < -0.4 is 14.2 Å². The van der Waals surface area contributed by atoms with Crippen LogP contribution in [-0.4, -0.2) is 67.0 Å². The summed E-state index contributed by atoms with van der Waals surface area (Å²) in [5, 5.41) is 11.4. The Bertz CT molecular complexity index is 1380. The molecule has 1 N–H and O–H groups in total. The number of fused-ring (bicyclic) bond motifs is 1. The van der Waals surface area contributed by atoms with Gasteiger partial charge < -0.3 is 29.1 Å². The van der Waals surface area contributed by atoms with Crippen LogP contribution in [0.2, 0.25) is 0 Å². The summed E-state index contributed by atoms with van der Waals surface area (Å²) in [6, 6.07) is 21.4. The van der Waals surface area contributed by atoms with Gasteiger partial charge in [0.25, 0.3) is 11.7 Å². The van der Waals surface area contributed by atoms with Crippen LogP contribution in [0.3, 0.4) is 0 Å². The van der Waals surface area contributed by atoms with Crippen molar-refractivity contribution >= 4 is 17.4 Å². The average molecular weight is 529 g/mol. The predicted octanol–water partition coefficient (Wildman–Crippen LogP) is 4.41. The molecule has 0 saturated carbocycles. The first-order chi connectivity index (χ1) is 18.9. The quantitative estimate of drug-likeness (QED) is 0.250. The lowest BCUT2D eigenvalue weighted by atomic mass is 9.95. The number of nitrogens with zero attached hydrogens (tertiary/aromatic N) is 2. The monoisotopic (exact) mass is 528 g/mol. The van der Waals surface area contributed by atoms with E-state index in [0.29, 0.717) is 61.2 Å². The highest BCUT2D eigenvalue weighted by atomic mass is 16.6. The van der Waals surface area contributed by atoms with Crippen LogP contribution in [0.25, 0.3) is 5.76 Å². The van der Waals surface area contributed by atoms with E-state index in [0.717, 1.165) is 12.1 Å². The maximum atomic E-state index is 13.4. The lowest BCUT2D eigenvalue weighted by Gasteiger charge is -2.26. The molecular weight excluding hydrogens is 496 g/mol. The summed E-state index contributed by atoms with van der Waals surface area (Å²) >= 11 is 0. The molecule has 2 aliphatic rings. The van der Waals surface area contributed by atoms with Gasteiger partial charge in [0.05, 0.1) is 11.6 Å². The van der Waals surface area contributed by atoms with E-state index in [1.54, 1.807) is 23.1 Å². The Balaban J connectivity index is 1.52. The molecule has 1 amide bonds. The Morgan fingerprint density at radius 2 is 1.74 bits per heavy atom. The van der Waals surface area contributed by atoms with E-state index in [-0.39, 0.29) is 11.3 Å². The number of ketones is 1. The van der Waals surface area contributed by atoms with Crippen LogP contribution in [0, 0.1) is 0 Å². The molecule has 0 bridgehead atoms. The molecule has 5 rings (SSSR count). The van der Waals surface area contributed by atoms with Gasteiger partial charge in [-0.05, 0) is 68.5 Å². The molecule has 1 fully saturated rings. The molecule has 0 aromatic heterocycles. The third-order valence-electron chi connectivity index (χ3n) is 6.78. The van der Waals surface area contributed by atoms with Crippen molar-refractivity contribution in [3.05, 3.63) is 95.1 Å². The summed E-state index contributed by atoms with van der Waals surface area (Å²) in [6.07, 6.45) is 0.671. The second-order valence-corrected chi connectivity index (χ2v) is 9.85. The molecule has 3 aromatic rings. The molecule has 8 nitrogen and oxygen atoms in total. The van der Waals surface area contributed by atoms with Crippen molar-refractivity contribution in [2.24, 2.45) is 0 Å². The number of Topliss-reactive ketones (excluding diaryl/α,β-unsaturated/α-hetero) is 1. The topological polar surface area (TPSA) is 88.5 Å². The minimum Gasteiger partial charge on any atom is -0.507 e. The molecule has 1 saturated heterocycles. The highest BCUT2D eigenvalue weighted by molar-refractivity contribution is 6.46. The van der Waals surface area contributed by atoms with Gasteiger partial charge in [0, 0.05) is 12.1 Å². The first kappa shape index (κ1) is 26.3. The summed E-state index contributed by atoms with van der Waals surface area (Å²) < 4.78 is 17.3. The fourth-order valence-corrected chi connectivity index (χ4v) is 4.88. The second kappa shape index (κ2) is 11.6. The number of carbonyl (C=O) groups excluding carboxylic acids is 2. The number of hydrogen-bond donors (Lipinski definition) is 1. The van der Waals surface area contributed by atoms with Crippen molar-refractivity contribution in [2.45, 2.75) is 19.1 Å². The van der Waals surface area contributed by atoms with E-state index in [4.69, 9.17) is 14.2 Å². The number of amides is 1. The molecule has 1 atom stereocenters. The van der Waals surface area contributed by atoms with Crippen LogP contribution in [0.1, 0.15) is 29.2 Å². The number of aliphatic hydroxyl groups excluding tert-OH is 1. The van der Waals surface area contributed by atoms with Crippen LogP contribution >= 0.6 is 0 Å². The van der Waals surface area contributed by atoms with E-state index in [1.165, 1.54) is 0 Å².